The van der Waals surface area contributed by atoms with E-state index in [0.717, 1.165) is 17.7 Å². The third-order valence-corrected chi connectivity index (χ3v) is 9.61. The molecule has 13 heteroatoms. The van der Waals surface area contributed by atoms with Gasteiger partial charge in [0.05, 0.1) is 21.2 Å². The van der Waals surface area contributed by atoms with E-state index in [9.17, 15) is 31.2 Å². The summed E-state index contributed by atoms with van der Waals surface area (Å²) in [4.78, 5) is 29.1. The van der Waals surface area contributed by atoms with Crippen LogP contribution in [-0.2, 0) is 38.8 Å². The van der Waals surface area contributed by atoms with Gasteiger partial charge in [-0.2, -0.15) is 13.2 Å². The van der Waals surface area contributed by atoms with Crippen LogP contribution in [0.15, 0.2) is 108 Å². The molecular weight excluding hydrogens is 674 g/mol. The Hall–Kier alpha value is -4.06. The number of amides is 2. The van der Waals surface area contributed by atoms with Crippen LogP contribution < -0.4 is 9.62 Å². The van der Waals surface area contributed by atoms with Crippen LogP contribution in [0, 0.1) is 0 Å². The minimum atomic E-state index is -4.90. The molecule has 47 heavy (non-hydrogen) atoms. The van der Waals surface area contributed by atoms with Gasteiger partial charge in [-0.25, -0.2) is 8.42 Å². The molecule has 0 fully saturated rings. The van der Waals surface area contributed by atoms with Crippen molar-refractivity contribution >= 4 is 50.7 Å². The van der Waals surface area contributed by atoms with E-state index in [1.54, 1.807) is 60.7 Å². The number of sulfonamides is 1. The van der Waals surface area contributed by atoms with Crippen LogP contribution in [-0.4, -0.2) is 44.3 Å². The number of nitrogens with zero attached hydrogens (tertiary/aromatic N) is 2. The second kappa shape index (κ2) is 15.7. The van der Waals surface area contributed by atoms with Crippen molar-refractivity contribution in [1.29, 1.82) is 0 Å². The highest BCUT2D eigenvalue weighted by Crippen LogP contribution is 2.38. The minimum absolute atomic E-state index is 0.0837. The molecule has 4 rings (SSSR count). The van der Waals surface area contributed by atoms with Crippen LogP contribution in [0.25, 0.3) is 0 Å². The van der Waals surface area contributed by atoms with Gasteiger partial charge in [0.15, 0.2) is 0 Å². The third kappa shape index (κ3) is 9.27. The van der Waals surface area contributed by atoms with Gasteiger partial charge in [0.2, 0.25) is 11.8 Å². The van der Waals surface area contributed by atoms with Crippen LogP contribution in [0.5, 0.6) is 0 Å². The van der Waals surface area contributed by atoms with Crippen LogP contribution in [0.4, 0.5) is 18.9 Å². The zero-order valence-electron chi connectivity index (χ0n) is 25.3. The van der Waals surface area contributed by atoms with Crippen molar-refractivity contribution in [3.05, 3.63) is 130 Å². The molecule has 248 valence electrons. The molecule has 0 saturated heterocycles. The summed E-state index contributed by atoms with van der Waals surface area (Å²) >= 11 is 11.9. The number of carbonyl (C=O) groups excluding carboxylic acids is 2. The Morgan fingerprint density at radius 2 is 1.47 bits per heavy atom. The summed E-state index contributed by atoms with van der Waals surface area (Å²) in [5.41, 5.74) is -0.372. The molecule has 0 aromatic heterocycles. The number of anilines is 1. The minimum Gasteiger partial charge on any atom is -0.354 e. The first-order valence-corrected chi connectivity index (χ1v) is 16.8. The van der Waals surface area contributed by atoms with Gasteiger partial charge in [-0.3, -0.25) is 13.9 Å². The zero-order chi connectivity index (χ0) is 34.2. The summed E-state index contributed by atoms with van der Waals surface area (Å²) in [6.07, 6.45) is -4.20. The van der Waals surface area contributed by atoms with E-state index >= 15 is 0 Å². The Bertz CT molecular complexity index is 1780. The fourth-order valence-electron chi connectivity index (χ4n) is 4.84. The first kappa shape index (κ1) is 35.8. The number of hydrogen-bond donors (Lipinski definition) is 1. The van der Waals surface area contributed by atoms with Crippen molar-refractivity contribution in [3.63, 3.8) is 0 Å². The van der Waals surface area contributed by atoms with Crippen molar-refractivity contribution < 1.29 is 31.2 Å². The van der Waals surface area contributed by atoms with Crippen LogP contribution in [0.1, 0.15) is 30.0 Å². The SMILES string of the molecule is CCCNC(=O)[C@@H](Cc1ccccc1)N(Cc1ccc(Cl)cc1)C(=O)CN(c1ccc(Cl)c(C(F)(F)F)c1)S(=O)(=O)c1ccccc1. The van der Waals surface area contributed by atoms with Gasteiger partial charge in [0.1, 0.15) is 12.6 Å². The predicted octanol–water partition coefficient (Wildman–Crippen LogP) is 7.37. The number of halogens is 5. The lowest BCUT2D eigenvalue weighted by atomic mass is 10.0. The van der Waals surface area contributed by atoms with Gasteiger partial charge in [-0.05, 0) is 60.0 Å². The van der Waals surface area contributed by atoms with Gasteiger partial charge in [-0.15, -0.1) is 0 Å². The fourth-order valence-corrected chi connectivity index (χ4v) is 6.62. The molecule has 0 saturated carbocycles. The van der Waals surface area contributed by atoms with E-state index in [4.69, 9.17) is 23.2 Å². The highest BCUT2D eigenvalue weighted by atomic mass is 35.5. The first-order valence-electron chi connectivity index (χ1n) is 14.6. The van der Waals surface area contributed by atoms with Gasteiger partial charge in [-0.1, -0.05) is 90.8 Å². The highest BCUT2D eigenvalue weighted by molar-refractivity contribution is 7.92. The number of carbonyl (C=O) groups is 2. The van der Waals surface area contributed by atoms with E-state index in [-0.39, 0.29) is 17.9 Å². The molecule has 4 aromatic carbocycles. The summed E-state index contributed by atoms with van der Waals surface area (Å²) < 4.78 is 70.3. The molecule has 0 aliphatic rings. The smallest absolute Gasteiger partial charge is 0.354 e. The number of alkyl halides is 3. The van der Waals surface area contributed by atoms with Crippen LogP contribution >= 0.6 is 23.2 Å². The molecule has 2 amide bonds. The van der Waals surface area contributed by atoms with Gasteiger partial charge in [0.25, 0.3) is 10.0 Å². The lowest BCUT2D eigenvalue weighted by Crippen LogP contribution is -2.53. The van der Waals surface area contributed by atoms with Crippen LogP contribution in [0.3, 0.4) is 0 Å². The number of rotatable bonds is 13. The zero-order valence-corrected chi connectivity index (χ0v) is 27.6. The van der Waals surface area contributed by atoms with Crippen molar-refractivity contribution in [3.8, 4) is 0 Å². The summed E-state index contributed by atoms with van der Waals surface area (Å²) in [5, 5.41) is 2.64. The number of nitrogens with one attached hydrogen (secondary N) is 1. The van der Waals surface area contributed by atoms with Crippen molar-refractivity contribution in [2.24, 2.45) is 0 Å². The maximum absolute atomic E-state index is 14.4. The standard InChI is InChI=1S/C34H32Cl2F3N3O4S/c1-2-19-40-33(44)31(20-24-9-5-3-6-10-24)41(22-25-13-15-26(35)16-14-25)32(43)23-42(47(45,46)28-11-7-4-8-12-28)27-17-18-30(36)29(21-27)34(37,38)39/h3-18,21,31H,2,19-20,22-23H2,1H3,(H,40,44)/t31-/m1/s1. The van der Waals surface area contributed by atoms with E-state index < -0.39 is 56.9 Å². The monoisotopic (exact) mass is 705 g/mol. The summed E-state index contributed by atoms with van der Waals surface area (Å²) in [7, 11) is -4.60. The van der Waals surface area contributed by atoms with E-state index in [1.807, 2.05) is 6.92 Å². The summed E-state index contributed by atoms with van der Waals surface area (Å²) in [6, 6.07) is 24.1. The Morgan fingerprint density at radius 3 is 2.06 bits per heavy atom. The Kier molecular flexibility index (Phi) is 11.9. The molecule has 0 aliphatic carbocycles. The predicted molar refractivity (Wildman–Crippen MR) is 177 cm³/mol. The molecule has 1 N–H and O–H groups in total. The summed E-state index contributed by atoms with van der Waals surface area (Å²) in [6.45, 7) is 1.15. The highest BCUT2D eigenvalue weighted by Gasteiger charge is 2.37. The number of benzene rings is 4. The van der Waals surface area contributed by atoms with E-state index in [0.29, 0.717) is 33.9 Å². The molecule has 1 atom stereocenters. The normalized spacial score (nSPS) is 12.3. The quantitative estimate of drug-likeness (QED) is 0.157. The summed E-state index contributed by atoms with van der Waals surface area (Å²) in [5.74, 6) is -1.29. The molecule has 0 radical (unpaired) electrons. The largest absolute Gasteiger partial charge is 0.417 e. The van der Waals surface area contributed by atoms with Gasteiger partial charge in [0, 0.05) is 24.5 Å². The number of hydrogen-bond acceptors (Lipinski definition) is 4. The van der Waals surface area contributed by atoms with Gasteiger partial charge < -0.3 is 10.2 Å². The Morgan fingerprint density at radius 1 is 0.851 bits per heavy atom. The van der Waals surface area contributed by atoms with Crippen molar-refractivity contribution in [2.75, 3.05) is 17.4 Å². The molecule has 7 nitrogen and oxygen atoms in total. The topological polar surface area (TPSA) is 86.8 Å². The lowest BCUT2D eigenvalue weighted by Gasteiger charge is -2.34. The molecule has 0 unspecified atom stereocenters. The Balaban J connectivity index is 1.84. The second-order valence-corrected chi connectivity index (χ2v) is 13.3. The lowest BCUT2D eigenvalue weighted by molar-refractivity contribution is -0.140. The molecular formula is C34H32Cl2F3N3O4S. The Labute approximate surface area is 282 Å². The van der Waals surface area contributed by atoms with Gasteiger partial charge >= 0.3 is 6.18 Å². The molecule has 0 bridgehead atoms. The van der Waals surface area contributed by atoms with E-state index in [1.165, 1.54) is 29.2 Å². The third-order valence-electron chi connectivity index (χ3n) is 7.24. The first-order chi connectivity index (χ1) is 22.3. The average Bonchev–Trinajstić information content (AvgIpc) is 3.05. The second-order valence-electron chi connectivity index (χ2n) is 10.6. The molecule has 0 heterocycles. The van der Waals surface area contributed by atoms with Crippen molar-refractivity contribution in [2.45, 2.75) is 43.4 Å². The molecule has 4 aromatic rings. The fraction of sp³-hybridized carbons (Fsp3) is 0.235. The maximum atomic E-state index is 14.4. The maximum Gasteiger partial charge on any atom is 0.417 e. The average molecular weight is 707 g/mol. The van der Waals surface area contributed by atoms with Crippen LogP contribution in [0.2, 0.25) is 10.0 Å². The van der Waals surface area contributed by atoms with Crippen molar-refractivity contribution in [1.82, 2.24) is 10.2 Å². The molecule has 0 aliphatic heterocycles. The molecule has 0 spiro atoms. The van der Waals surface area contributed by atoms with E-state index in [2.05, 4.69) is 5.32 Å².